The summed E-state index contributed by atoms with van der Waals surface area (Å²) in [5.74, 6) is 0.216. The maximum atomic E-state index is 12.6. The fraction of sp³-hybridized carbons (Fsp3) is 0.500. The molecule has 1 aliphatic heterocycles. The van der Waals surface area contributed by atoms with Gasteiger partial charge in [-0.3, -0.25) is 4.79 Å². The third-order valence-electron chi connectivity index (χ3n) is 3.46. The highest BCUT2D eigenvalue weighted by Crippen LogP contribution is 2.29. The first kappa shape index (κ1) is 12.6. The Hall–Kier alpha value is -0.860. The van der Waals surface area contributed by atoms with E-state index in [0.29, 0.717) is 5.02 Å². The van der Waals surface area contributed by atoms with Gasteiger partial charge in [-0.25, -0.2) is 0 Å². The number of hydrogen-bond donors (Lipinski definition) is 1. The number of carbonyl (C=O) groups excluding carboxylic acids is 1. The summed E-state index contributed by atoms with van der Waals surface area (Å²) in [5.41, 5.74) is 0.431. The second kappa shape index (κ2) is 5.19. The van der Waals surface area contributed by atoms with Crippen LogP contribution in [-0.4, -0.2) is 17.9 Å². The Morgan fingerprint density at radius 2 is 2.12 bits per heavy atom. The standard InChI is InChI=1S/C14H18ClNO/c1-2-8-14(9-3-10-16-14)13(17)11-4-6-12(15)7-5-11/h4-7,16H,2-3,8-10H2,1H3. The van der Waals surface area contributed by atoms with Crippen LogP contribution in [0.5, 0.6) is 0 Å². The van der Waals surface area contributed by atoms with E-state index in [2.05, 4.69) is 12.2 Å². The molecule has 0 aliphatic carbocycles. The molecule has 92 valence electrons. The van der Waals surface area contributed by atoms with Gasteiger partial charge in [0.05, 0.1) is 5.54 Å². The van der Waals surface area contributed by atoms with Gasteiger partial charge in [0.2, 0.25) is 0 Å². The van der Waals surface area contributed by atoms with Crippen molar-refractivity contribution in [2.75, 3.05) is 6.54 Å². The monoisotopic (exact) mass is 251 g/mol. The Labute approximate surface area is 107 Å². The zero-order valence-electron chi connectivity index (χ0n) is 10.1. The maximum Gasteiger partial charge on any atom is 0.182 e. The highest BCUT2D eigenvalue weighted by atomic mass is 35.5. The fourth-order valence-electron chi connectivity index (χ4n) is 2.63. The zero-order chi connectivity index (χ0) is 12.3. The smallest absolute Gasteiger partial charge is 0.182 e. The molecular formula is C14H18ClNO. The van der Waals surface area contributed by atoms with E-state index in [1.54, 1.807) is 12.1 Å². The summed E-state index contributed by atoms with van der Waals surface area (Å²) in [6.07, 6.45) is 3.96. The van der Waals surface area contributed by atoms with Gasteiger partial charge in [0.15, 0.2) is 5.78 Å². The SMILES string of the molecule is CCCC1(C(=O)c2ccc(Cl)cc2)CCCN1. The third kappa shape index (κ3) is 2.53. The molecule has 0 spiro atoms. The molecule has 1 unspecified atom stereocenters. The Kier molecular flexibility index (Phi) is 3.85. The van der Waals surface area contributed by atoms with E-state index < -0.39 is 0 Å². The number of benzene rings is 1. The van der Waals surface area contributed by atoms with E-state index in [-0.39, 0.29) is 11.3 Å². The number of ketones is 1. The van der Waals surface area contributed by atoms with Crippen molar-refractivity contribution in [3.63, 3.8) is 0 Å². The average Bonchev–Trinajstić information content (AvgIpc) is 2.79. The van der Waals surface area contributed by atoms with Crippen LogP contribution < -0.4 is 5.32 Å². The van der Waals surface area contributed by atoms with Crippen LogP contribution in [0, 0.1) is 0 Å². The number of hydrogen-bond acceptors (Lipinski definition) is 2. The molecule has 1 fully saturated rings. The number of rotatable bonds is 4. The van der Waals surface area contributed by atoms with Gasteiger partial charge in [-0.05, 0) is 50.1 Å². The predicted octanol–water partition coefficient (Wildman–Crippen LogP) is 3.45. The molecule has 2 nitrogen and oxygen atoms in total. The molecule has 1 aliphatic rings. The number of nitrogens with one attached hydrogen (secondary N) is 1. The van der Waals surface area contributed by atoms with Crippen molar-refractivity contribution in [1.82, 2.24) is 5.32 Å². The van der Waals surface area contributed by atoms with Gasteiger partial charge in [0.25, 0.3) is 0 Å². The van der Waals surface area contributed by atoms with E-state index in [1.165, 1.54) is 0 Å². The molecule has 0 radical (unpaired) electrons. The summed E-state index contributed by atoms with van der Waals surface area (Å²) in [6.45, 7) is 3.07. The lowest BCUT2D eigenvalue weighted by Gasteiger charge is -2.27. The largest absolute Gasteiger partial charge is 0.305 e. The predicted molar refractivity (Wildman–Crippen MR) is 70.7 cm³/mol. The Balaban J connectivity index is 2.25. The van der Waals surface area contributed by atoms with Crippen molar-refractivity contribution >= 4 is 17.4 Å². The van der Waals surface area contributed by atoms with Gasteiger partial charge in [-0.1, -0.05) is 24.9 Å². The van der Waals surface area contributed by atoms with Crippen molar-refractivity contribution in [2.45, 2.75) is 38.1 Å². The summed E-state index contributed by atoms with van der Waals surface area (Å²) in [4.78, 5) is 12.6. The zero-order valence-corrected chi connectivity index (χ0v) is 10.9. The minimum Gasteiger partial charge on any atom is -0.305 e. The molecule has 1 heterocycles. The van der Waals surface area contributed by atoms with Crippen molar-refractivity contribution in [2.24, 2.45) is 0 Å². The van der Waals surface area contributed by atoms with E-state index in [1.807, 2.05) is 12.1 Å². The topological polar surface area (TPSA) is 29.1 Å². The van der Waals surface area contributed by atoms with Crippen LogP contribution in [0.25, 0.3) is 0 Å². The van der Waals surface area contributed by atoms with Crippen LogP contribution in [-0.2, 0) is 0 Å². The fourth-order valence-corrected chi connectivity index (χ4v) is 2.76. The van der Waals surface area contributed by atoms with Crippen LogP contribution in [0.3, 0.4) is 0 Å². The first-order chi connectivity index (χ1) is 8.18. The number of Topliss-reactive ketones (excluding diaryl/α,β-unsaturated/α-hetero) is 1. The molecule has 0 saturated carbocycles. The molecule has 3 heteroatoms. The van der Waals surface area contributed by atoms with E-state index in [4.69, 9.17) is 11.6 Å². The lowest BCUT2D eigenvalue weighted by atomic mass is 9.84. The molecular weight excluding hydrogens is 234 g/mol. The van der Waals surface area contributed by atoms with Gasteiger partial charge in [-0.15, -0.1) is 0 Å². The third-order valence-corrected chi connectivity index (χ3v) is 3.71. The van der Waals surface area contributed by atoms with Crippen LogP contribution >= 0.6 is 11.6 Å². The van der Waals surface area contributed by atoms with Crippen molar-refractivity contribution in [3.05, 3.63) is 34.9 Å². The second-order valence-electron chi connectivity index (χ2n) is 4.70. The van der Waals surface area contributed by atoms with E-state index in [9.17, 15) is 4.79 Å². The van der Waals surface area contributed by atoms with Crippen molar-refractivity contribution in [1.29, 1.82) is 0 Å². The Bertz CT molecular complexity index is 393. The lowest BCUT2D eigenvalue weighted by Crippen LogP contribution is -2.47. The molecule has 1 saturated heterocycles. The Morgan fingerprint density at radius 3 is 2.65 bits per heavy atom. The summed E-state index contributed by atoms with van der Waals surface area (Å²) in [6, 6.07) is 7.21. The lowest BCUT2D eigenvalue weighted by molar-refractivity contribution is 0.0857. The van der Waals surface area contributed by atoms with Crippen LogP contribution in [0.15, 0.2) is 24.3 Å². The van der Waals surface area contributed by atoms with Crippen LogP contribution in [0.2, 0.25) is 5.02 Å². The van der Waals surface area contributed by atoms with Gasteiger partial charge in [-0.2, -0.15) is 0 Å². The summed E-state index contributed by atoms with van der Waals surface area (Å²) >= 11 is 5.84. The van der Waals surface area contributed by atoms with E-state index >= 15 is 0 Å². The number of carbonyl (C=O) groups is 1. The van der Waals surface area contributed by atoms with Crippen LogP contribution in [0.4, 0.5) is 0 Å². The molecule has 1 N–H and O–H groups in total. The molecule has 1 aromatic rings. The highest BCUT2D eigenvalue weighted by Gasteiger charge is 2.39. The molecule has 1 atom stereocenters. The van der Waals surface area contributed by atoms with Gasteiger partial charge in [0, 0.05) is 10.6 Å². The maximum absolute atomic E-state index is 12.6. The molecule has 1 aromatic carbocycles. The van der Waals surface area contributed by atoms with Crippen molar-refractivity contribution in [3.8, 4) is 0 Å². The molecule has 0 aromatic heterocycles. The average molecular weight is 252 g/mol. The summed E-state index contributed by atoms with van der Waals surface area (Å²) < 4.78 is 0. The van der Waals surface area contributed by atoms with E-state index in [0.717, 1.165) is 37.8 Å². The quantitative estimate of drug-likeness (QED) is 0.831. The minimum atomic E-state index is -0.331. The highest BCUT2D eigenvalue weighted by molar-refractivity contribution is 6.30. The molecule has 0 amide bonds. The Morgan fingerprint density at radius 1 is 1.41 bits per heavy atom. The van der Waals surface area contributed by atoms with Crippen molar-refractivity contribution < 1.29 is 4.79 Å². The second-order valence-corrected chi connectivity index (χ2v) is 5.13. The molecule has 0 bridgehead atoms. The van der Waals surface area contributed by atoms with Crippen LogP contribution in [0.1, 0.15) is 43.0 Å². The number of halogens is 1. The van der Waals surface area contributed by atoms with Gasteiger partial charge < -0.3 is 5.32 Å². The first-order valence-electron chi connectivity index (χ1n) is 6.23. The van der Waals surface area contributed by atoms with Gasteiger partial charge >= 0.3 is 0 Å². The van der Waals surface area contributed by atoms with Gasteiger partial charge in [0.1, 0.15) is 0 Å². The first-order valence-corrected chi connectivity index (χ1v) is 6.61. The minimum absolute atomic E-state index is 0.216. The summed E-state index contributed by atoms with van der Waals surface area (Å²) in [7, 11) is 0. The molecule has 2 rings (SSSR count). The normalized spacial score (nSPS) is 23.9. The molecule has 17 heavy (non-hydrogen) atoms. The summed E-state index contributed by atoms with van der Waals surface area (Å²) in [5, 5.41) is 4.07.